The van der Waals surface area contributed by atoms with Crippen molar-refractivity contribution in [2.75, 3.05) is 5.32 Å². The molecule has 0 saturated carbocycles. The summed E-state index contributed by atoms with van der Waals surface area (Å²) in [7, 11) is 0. The standard InChI is InChI=1S/C17H16N4O2/c22-21(23)17-16(19-15-7-3-4-10-20(15)17)18-14-9-8-12-5-1-2-6-13(12)11-14/h1-7,10,14,18H,8-9,11H2/t14-/m1/s1. The zero-order valence-electron chi connectivity index (χ0n) is 12.5. The van der Waals surface area contributed by atoms with Crippen LogP contribution in [0, 0.1) is 10.1 Å². The molecular weight excluding hydrogens is 292 g/mol. The molecule has 0 spiro atoms. The maximum absolute atomic E-state index is 11.4. The third-order valence-electron chi connectivity index (χ3n) is 4.37. The number of aryl methyl sites for hydroxylation is 1. The molecule has 0 amide bonds. The second kappa shape index (κ2) is 5.39. The van der Waals surface area contributed by atoms with Gasteiger partial charge in [0.1, 0.15) is 0 Å². The lowest BCUT2D eigenvalue weighted by atomic mass is 9.88. The first-order valence-corrected chi connectivity index (χ1v) is 7.67. The lowest BCUT2D eigenvalue weighted by Crippen LogP contribution is -2.27. The van der Waals surface area contributed by atoms with Gasteiger partial charge < -0.3 is 15.4 Å². The molecule has 0 saturated heterocycles. The molecule has 1 N–H and O–H groups in total. The molecule has 2 aromatic heterocycles. The SMILES string of the molecule is O=[N+]([O-])c1c(N[C@@H]2CCc3ccccc3C2)nc2ccccn12. The largest absolute Gasteiger partial charge is 0.372 e. The highest BCUT2D eigenvalue weighted by atomic mass is 16.6. The number of pyridine rings is 1. The van der Waals surface area contributed by atoms with Crippen LogP contribution in [0.3, 0.4) is 0 Å². The van der Waals surface area contributed by atoms with Gasteiger partial charge in [-0.15, -0.1) is 0 Å². The van der Waals surface area contributed by atoms with Gasteiger partial charge in [0.05, 0.1) is 6.20 Å². The van der Waals surface area contributed by atoms with Crippen LogP contribution in [0.1, 0.15) is 17.5 Å². The van der Waals surface area contributed by atoms with E-state index in [1.54, 1.807) is 18.3 Å². The number of hydrogen-bond acceptors (Lipinski definition) is 4. The molecule has 1 aromatic carbocycles. The van der Waals surface area contributed by atoms with Crippen molar-refractivity contribution in [1.82, 2.24) is 9.38 Å². The van der Waals surface area contributed by atoms with Crippen LogP contribution in [0.4, 0.5) is 11.6 Å². The highest BCUT2D eigenvalue weighted by molar-refractivity contribution is 5.62. The summed E-state index contributed by atoms with van der Waals surface area (Å²) in [5.41, 5.74) is 3.26. The van der Waals surface area contributed by atoms with Gasteiger partial charge in [0.2, 0.25) is 11.5 Å². The van der Waals surface area contributed by atoms with Crippen LogP contribution >= 0.6 is 0 Å². The number of benzene rings is 1. The molecule has 0 unspecified atom stereocenters. The van der Waals surface area contributed by atoms with Crippen molar-refractivity contribution in [2.24, 2.45) is 0 Å². The zero-order valence-corrected chi connectivity index (χ0v) is 12.5. The van der Waals surface area contributed by atoms with Gasteiger partial charge in [0, 0.05) is 12.1 Å². The van der Waals surface area contributed by atoms with Gasteiger partial charge in [-0.2, -0.15) is 9.38 Å². The molecule has 116 valence electrons. The topological polar surface area (TPSA) is 72.5 Å². The summed E-state index contributed by atoms with van der Waals surface area (Å²) < 4.78 is 1.51. The lowest BCUT2D eigenvalue weighted by Gasteiger charge is -2.25. The summed E-state index contributed by atoms with van der Waals surface area (Å²) >= 11 is 0. The minimum absolute atomic E-state index is 0.000501. The van der Waals surface area contributed by atoms with Gasteiger partial charge in [0.25, 0.3) is 0 Å². The van der Waals surface area contributed by atoms with Gasteiger partial charge in [-0.1, -0.05) is 30.3 Å². The molecule has 0 radical (unpaired) electrons. The number of anilines is 1. The number of fused-ring (bicyclic) bond motifs is 2. The number of aromatic nitrogens is 2. The van der Waals surface area contributed by atoms with Crippen molar-refractivity contribution in [1.29, 1.82) is 0 Å². The number of nitrogens with zero attached hydrogens (tertiary/aromatic N) is 3. The first kappa shape index (κ1) is 13.8. The van der Waals surface area contributed by atoms with Crippen LogP contribution in [-0.2, 0) is 12.8 Å². The number of hydrogen-bond donors (Lipinski definition) is 1. The van der Waals surface area contributed by atoms with Crippen molar-refractivity contribution < 1.29 is 4.92 Å². The Labute approximate surface area is 132 Å². The fraction of sp³-hybridized carbons (Fsp3) is 0.235. The molecule has 6 nitrogen and oxygen atoms in total. The summed E-state index contributed by atoms with van der Waals surface area (Å²) in [6.07, 6.45) is 4.46. The van der Waals surface area contributed by atoms with E-state index < -0.39 is 0 Å². The number of imidazole rings is 1. The molecule has 0 aliphatic heterocycles. The molecule has 6 heteroatoms. The summed E-state index contributed by atoms with van der Waals surface area (Å²) in [4.78, 5) is 15.5. The molecule has 3 aromatic rings. The minimum atomic E-state index is -0.376. The molecule has 1 aliphatic rings. The van der Waals surface area contributed by atoms with Crippen LogP contribution in [0.15, 0.2) is 48.7 Å². The van der Waals surface area contributed by atoms with Crippen molar-refractivity contribution in [3.8, 4) is 0 Å². The Morgan fingerprint density at radius 3 is 2.78 bits per heavy atom. The summed E-state index contributed by atoms with van der Waals surface area (Å²) in [5.74, 6) is 0.352. The third-order valence-corrected chi connectivity index (χ3v) is 4.37. The predicted octanol–water partition coefficient (Wildman–Crippen LogP) is 3.21. The Bertz CT molecular complexity index is 887. The fourth-order valence-electron chi connectivity index (χ4n) is 3.27. The monoisotopic (exact) mass is 308 g/mol. The predicted molar refractivity (Wildman–Crippen MR) is 87.7 cm³/mol. The normalized spacial score (nSPS) is 17.0. The van der Waals surface area contributed by atoms with E-state index in [0.29, 0.717) is 11.5 Å². The molecule has 0 fully saturated rings. The minimum Gasteiger partial charge on any atom is -0.360 e. The van der Waals surface area contributed by atoms with E-state index in [2.05, 4.69) is 28.5 Å². The zero-order chi connectivity index (χ0) is 15.8. The molecule has 2 heterocycles. The Balaban J connectivity index is 1.66. The molecule has 4 rings (SSSR count). The van der Waals surface area contributed by atoms with E-state index in [4.69, 9.17) is 0 Å². The number of nitro groups is 1. The molecular formula is C17H16N4O2. The summed E-state index contributed by atoms with van der Waals surface area (Å²) in [5, 5.41) is 14.7. The second-order valence-electron chi connectivity index (χ2n) is 5.82. The Morgan fingerprint density at radius 1 is 1.17 bits per heavy atom. The van der Waals surface area contributed by atoms with Gasteiger partial charge in [-0.05, 0) is 41.4 Å². The van der Waals surface area contributed by atoms with Crippen molar-refractivity contribution in [2.45, 2.75) is 25.3 Å². The Hall–Kier alpha value is -2.89. The average molecular weight is 308 g/mol. The molecule has 0 bridgehead atoms. The second-order valence-corrected chi connectivity index (χ2v) is 5.82. The maximum atomic E-state index is 11.4. The van der Waals surface area contributed by atoms with Crippen molar-refractivity contribution in [3.63, 3.8) is 0 Å². The van der Waals surface area contributed by atoms with Crippen molar-refractivity contribution >= 4 is 17.3 Å². The summed E-state index contributed by atoms with van der Waals surface area (Å²) in [6, 6.07) is 13.9. The lowest BCUT2D eigenvalue weighted by molar-refractivity contribution is -0.389. The first-order valence-electron chi connectivity index (χ1n) is 7.67. The first-order chi connectivity index (χ1) is 11.2. The third kappa shape index (κ3) is 2.42. The highest BCUT2D eigenvalue weighted by Crippen LogP contribution is 2.29. The van der Waals surface area contributed by atoms with E-state index in [1.165, 1.54) is 15.5 Å². The van der Waals surface area contributed by atoms with Gasteiger partial charge in [0.15, 0.2) is 0 Å². The van der Waals surface area contributed by atoms with Gasteiger partial charge >= 0.3 is 5.82 Å². The van der Waals surface area contributed by atoms with Gasteiger partial charge in [-0.3, -0.25) is 0 Å². The number of nitrogens with one attached hydrogen (secondary N) is 1. The van der Waals surface area contributed by atoms with E-state index >= 15 is 0 Å². The highest BCUT2D eigenvalue weighted by Gasteiger charge is 2.26. The quantitative estimate of drug-likeness (QED) is 0.595. The van der Waals surface area contributed by atoms with Crippen LogP contribution in [-0.4, -0.2) is 20.3 Å². The Kier molecular flexibility index (Phi) is 3.22. The summed E-state index contributed by atoms with van der Waals surface area (Å²) in [6.45, 7) is 0. The van der Waals surface area contributed by atoms with E-state index in [0.717, 1.165) is 19.3 Å². The maximum Gasteiger partial charge on any atom is 0.372 e. The molecule has 23 heavy (non-hydrogen) atoms. The van der Waals surface area contributed by atoms with Crippen LogP contribution < -0.4 is 5.32 Å². The average Bonchev–Trinajstić information content (AvgIpc) is 2.92. The Morgan fingerprint density at radius 2 is 1.96 bits per heavy atom. The van der Waals surface area contributed by atoms with Crippen LogP contribution in [0.5, 0.6) is 0 Å². The molecule has 1 aliphatic carbocycles. The van der Waals surface area contributed by atoms with Gasteiger partial charge in [-0.25, -0.2) is 0 Å². The smallest absolute Gasteiger partial charge is 0.360 e. The van der Waals surface area contributed by atoms with Crippen LogP contribution in [0.2, 0.25) is 0 Å². The van der Waals surface area contributed by atoms with E-state index in [9.17, 15) is 10.1 Å². The van der Waals surface area contributed by atoms with E-state index in [1.807, 2.05) is 12.1 Å². The van der Waals surface area contributed by atoms with Crippen molar-refractivity contribution in [3.05, 3.63) is 69.9 Å². The van der Waals surface area contributed by atoms with E-state index in [-0.39, 0.29) is 16.8 Å². The number of rotatable bonds is 3. The molecule has 1 atom stereocenters. The fourth-order valence-corrected chi connectivity index (χ4v) is 3.27. The van der Waals surface area contributed by atoms with Crippen LogP contribution in [0.25, 0.3) is 5.65 Å².